The summed E-state index contributed by atoms with van der Waals surface area (Å²) < 4.78 is 10.9. The van der Waals surface area contributed by atoms with E-state index in [0.717, 1.165) is 75.2 Å². The van der Waals surface area contributed by atoms with Crippen LogP contribution in [0.15, 0.2) is 226 Å². The molecule has 0 aliphatic heterocycles. The van der Waals surface area contributed by atoms with E-state index in [-0.39, 0.29) is 54.9 Å². The van der Waals surface area contributed by atoms with Gasteiger partial charge in [-0.15, -0.1) is 45.8 Å². The molecule has 0 fully saturated rings. The Morgan fingerprint density at radius 1 is 0.430 bits per heavy atom. The lowest BCUT2D eigenvalue weighted by atomic mass is 9.83. The Kier molecular flexibility index (Phi) is 48.4. The summed E-state index contributed by atoms with van der Waals surface area (Å²) in [6.45, 7) is 78.1. The molecular weight excluding hydrogens is 1740 g/mol. The second kappa shape index (κ2) is 54.6. The molecule has 734 valence electrons. The van der Waals surface area contributed by atoms with Crippen molar-refractivity contribution in [1.82, 2.24) is 9.97 Å². The average molecular weight is 1910 g/mol. The number of nitrogens with zero attached hydrogens (tertiary/aromatic N) is 2. The Bertz CT molecular complexity index is 5420. The number of thiazole rings is 2. The number of rotatable bonds is 22. The van der Waals surface area contributed by atoms with Crippen LogP contribution in [0.25, 0.3) is 22.5 Å². The van der Waals surface area contributed by atoms with Crippen molar-refractivity contribution in [2.45, 2.75) is 322 Å². The zero-order valence-corrected chi connectivity index (χ0v) is 92.6. The van der Waals surface area contributed by atoms with Gasteiger partial charge in [-0.25, -0.2) is 9.97 Å². The third-order valence-electron chi connectivity index (χ3n) is 21.7. The monoisotopic (exact) mass is 1910 g/mol. The van der Waals surface area contributed by atoms with Crippen molar-refractivity contribution in [3.8, 4) is 28.3 Å². The van der Waals surface area contributed by atoms with Crippen molar-refractivity contribution in [3.63, 3.8) is 0 Å². The second-order valence-electron chi connectivity index (χ2n) is 45.1. The molecule has 11 rings (SSSR count). The van der Waals surface area contributed by atoms with Crippen LogP contribution in [-0.2, 0) is 60.5 Å². The van der Waals surface area contributed by atoms with Crippen molar-refractivity contribution in [2.24, 2.45) is 43.6 Å². The highest BCUT2D eigenvalue weighted by Gasteiger charge is 2.29. The maximum atomic E-state index is 12.1. The van der Waals surface area contributed by atoms with Crippen LogP contribution in [0.3, 0.4) is 0 Å². The van der Waals surface area contributed by atoms with Gasteiger partial charge in [0.05, 0.1) is 39.2 Å². The van der Waals surface area contributed by atoms with Gasteiger partial charge in [0.1, 0.15) is 40.4 Å². The number of thioether (sulfide) groups is 1. The van der Waals surface area contributed by atoms with Crippen molar-refractivity contribution in [2.75, 3.05) is 12.4 Å². The Morgan fingerprint density at radius 3 is 1.24 bits per heavy atom. The zero-order chi connectivity index (χ0) is 103. The van der Waals surface area contributed by atoms with Gasteiger partial charge in [0.25, 0.3) is 0 Å². The van der Waals surface area contributed by atoms with Gasteiger partial charge >= 0.3 is 0 Å². The number of Topliss-reactive ketones (excluding diaryl/α,β-unsaturated/α-hetero) is 6. The fourth-order valence-electron chi connectivity index (χ4n) is 12.1. The van der Waals surface area contributed by atoms with E-state index in [1.54, 1.807) is 40.7 Å². The lowest BCUT2D eigenvalue weighted by molar-refractivity contribution is -0.127. The molecule has 0 saturated heterocycles. The van der Waals surface area contributed by atoms with Crippen molar-refractivity contribution >= 4 is 80.5 Å². The van der Waals surface area contributed by atoms with E-state index in [0.29, 0.717) is 78.0 Å². The molecular formula is C120H167N3O8S4. The zero-order valence-electron chi connectivity index (χ0n) is 89.4. The Balaban J connectivity index is 0.000000391. The maximum absolute atomic E-state index is 12.1. The predicted molar refractivity (Wildman–Crippen MR) is 582 cm³/mol. The molecule has 1 atom stereocenters. The minimum atomic E-state index is -0.333. The second-order valence-corrected chi connectivity index (χ2v) is 48.7. The van der Waals surface area contributed by atoms with E-state index in [4.69, 9.17) is 19.9 Å². The molecule has 135 heavy (non-hydrogen) atoms. The Labute approximate surface area is 832 Å². The number of furan rings is 1. The number of carbonyl (C=O) groups excluding carboxylic acids is 6. The molecule has 4 heterocycles. The first-order valence-electron chi connectivity index (χ1n) is 47.5. The minimum absolute atomic E-state index is 0.146. The molecule has 0 amide bonds. The molecule has 0 spiro atoms. The van der Waals surface area contributed by atoms with Crippen LogP contribution in [0, 0.1) is 93.3 Å². The number of ketones is 6. The van der Waals surface area contributed by atoms with Crippen LogP contribution in [0.4, 0.5) is 0 Å². The first-order chi connectivity index (χ1) is 62.1. The van der Waals surface area contributed by atoms with Gasteiger partial charge in [-0.2, -0.15) is 0 Å². The van der Waals surface area contributed by atoms with E-state index < -0.39 is 0 Å². The molecule has 4 aromatic heterocycles. The summed E-state index contributed by atoms with van der Waals surface area (Å²) in [5, 5.41) is 8.62. The number of benzene rings is 7. The van der Waals surface area contributed by atoms with Gasteiger partial charge in [0.2, 0.25) is 0 Å². The van der Waals surface area contributed by atoms with Crippen LogP contribution in [0.5, 0.6) is 5.75 Å². The van der Waals surface area contributed by atoms with Gasteiger partial charge in [0, 0.05) is 119 Å². The maximum Gasteiger partial charge on any atom is 0.179 e. The van der Waals surface area contributed by atoms with Crippen LogP contribution < -0.4 is 10.5 Å². The smallest absolute Gasteiger partial charge is 0.179 e. The number of hydrogen-bond donors (Lipinski definition) is 1. The normalized spacial score (nSPS) is 11.8. The van der Waals surface area contributed by atoms with E-state index in [9.17, 15) is 28.8 Å². The van der Waals surface area contributed by atoms with Crippen molar-refractivity contribution in [1.29, 1.82) is 0 Å². The predicted octanol–water partition coefficient (Wildman–Crippen LogP) is 33.3. The number of aromatic nitrogens is 2. The van der Waals surface area contributed by atoms with Crippen LogP contribution in [-0.4, -0.2) is 57.0 Å². The summed E-state index contributed by atoms with van der Waals surface area (Å²) in [6, 6.07) is 62.4. The highest BCUT2D eigenvalue weighted by atomic mass is 32.2. The van der Waals surface area contributed by atoms with Crippen molar-refractivity contribution < 1.29 is 37.9 Å². The molecule has 11 nitrogen and oxygen atoms in total. The number of ether oxygens (including phenoxy) is 1. The summed E-state index contributed by atoms with van der Waals surface area (Å²) >= 11 is 6.55. The highest BCUT2D eigenvalue weighted by molar-refractivity contribution is 7.99. The summed E-state index contributed by atoms with van der Waals surface area (Å²) in [5.41, 5.74) is 24.5. The van der Waals surface area contributed by atoms with Crippen LogP contribution in [0.1, 0.15) is 318 Å². The van der Waals surface area contributed by atoms with E-state index in [2.05, 4.69) is 248 Å². The minimum Gasteiger partial charge on any atom is -0.494 e. The number of nitrogens with two attached hydrogens (primary N) is 1. The molecule has 0 bridgehead atoms. The quantitative estimate of drug-likeness (QED) is 0.0503. The molecule has 0 unspecified atom stereocenters. The first-order valence-corrected chi connectivity index (χ1v) is 51.1. The van der Waals surface area contributed by atoms with Crippen molar-refractivity contribution in [3.05, 3.63) is 304 Å². The molecule has 0 saturated carbocycles. The largest absolute Gasteiger partial charge is 0.494 e. The summed E-state index contributed by atoms with van der Waals surface area (Å²) in [7, 11) is 0. The molecule has 0 aliphatic rings. The molecule has 15 heteroatoms. The van der Waals surface area contributed by atoms with Gasteiger partial charge in [-0.3, -0.25) is 28.8 Å². The van der Waals surface area contributed by atoms with E-state index >= 15 is 0 Å². The first kappa shape index (κ1) is 120. The van der Waals surface area contributed by atoms with Crippen LogP contribution >= 0.6 is 45.8 Å². The van der Waals surface area contributed by atoms with Gasteiger partial charge in [0.15, 0.2) is 5.78 Å². The number of hydrogen-bond acceptors (Lipinski definition) is 15. The fraction of sp³-hybridized carbons (Fsp3) is 0.467. The molecule has 7 aromatic carbocycles. The molecule has 0 aliphatic carbocycles. The van der Waals surface area contributed by atoms with Gasteiger partial charge in [-0.1, -0.05) is 398 Å². The third-order valence-corrected chi connectivity index (χ3v) is 26.4. The lowest BCUT2D eigenvalue weighted by Crippen LogP contribution is -2.22. The molecule has 0 radical (unpaired) electrons. The van der Waals surface area contributed by atoms with Gasteiger partial charge < -0.3 is 14.9 Å². The number of aryl methyl sites for hydroxylation is 10. The third kappa shape index (κ3) is 47.9. The van der Waals surface area contributed by atoms with Gasteiger partial charge in [-0.05, 0) is 137 Å². The van der Waals surface area contributed by atoms with E-state index in [1.165, 1.54) is 82.5 Å². The van der Waals surface area contributed by atoms with E-state index in [1.807, 2.05) is 211 Å². The Morgan fingerprint density at radius 2 is 0.837 bits per heavy atom. The summed E-state index contributed by atoms with van der Waals surface area (Å²) in [4.78, 5) is 82.2. The topological polar surface area (TPSA) is 177 Å². The lowest BCUT2D eigenvalue weighted by Gasteiger charge is -2.20. The summed E-state index contributed by atoms with van der Waals surface area (Å²) in [6.07, 6.45) is 7.46. The highest BCUT2D eigenvalue weighted by Crippen LogP contribution is 2.36. The number of carbonyl (C=O) groups is 6. The summed E-state index contributed by atoms with van der Waals surface area (Å²) in [5.74, 6) is 4.54. The molecule has 11 aromatic rings. The Hall–Kier alpha value is -9.51. The fourth-order valence-corrected chi connectivity index (χ4v) is 16.0. The SMILES string of the molecule is C=C(N)CSc1ccsc1C(=O)C(C)(C)C.CC(C)(C)c1nc(-c2ccccc2)cs1.Cc1ccc(-c2csc(C(C)(C)C)n2)cc1.Cc1ccc(CCC(=O)C(C)(C)C)cc1.Cc1ccc(OCCC(C)(C)C)cc1.Cc1ccc([C@@H](C)CC(=O)C(C)(C)C)cc1.Cc1cccc(CC(=O)C(C)(C)C)c1.Cc1cccc(CCC(=O)C(C)(C)C)c1.Cc1coc(C)c1CC(=O)C(C)(C)C. The average Bonchev–Trinajstić information content (AvgIpc) is 1.71. The van der Waals surface area contributed by atoms with Crippen LogP contribution in [0.2, 0.25) is 0 Å². The molecule has 2 N–H and O–H groups in total. The number of thiophene rings is 1. The standard InChI is InChI=1S/C15H22O.C14H17NS.2C14H20O.C13H15NS.C13H20O.C13H18O.C12H17NOS2.C12H18O2/c1-11-6-8-13(9-7-11)12(2)10-14(16)15(3,4)5;1-10-5-7-11(8-6-10)12-9-16-13(15-12)14(2,3)4;1-11-5-7-12(8-6-11)9-10-13(15)14(2,3)4;1-11-6-5-7-12(10-11)8-9-13(15)14(2,3)4;1-13(2,3)12-14-11(9-15-12)10-7-5-4-6-8-10;1-11-5-7-12(8-6-11)14-10-9-13(2,3)4;1-10-6-5-7-11(8-10)9-12(14)13(2,3)4;1-8(13)7-16-9-5-6-15-10(9)11(14)12(2,3)4;1-8-7-14-9(2)10(8)6-11(13)12(3,4)5/h6-9,12H,10H2,1-5H3;5-9H,1-4H3;5-8H,9-10H2,1-4H3;5-7,10H,8-9H2,1-4H3;4-9H,1-3H3;5-8H,9-10H2,1-4H3;5-8H,9H2,1-4H3;5-6H,1,7,13H2,2-4H3;7H,6H2,1-5H3/t12-;;;;;;;;/m0......../s1.